The SMILES string of the molecule is CCc1ccc(C(N)c2oc3ccc(F)cc3c2C)s1. The number of fused-ring (bicyclic) bond motifs is 1. The number of thiophene rings is 1. The molecule has 0 bridgehead atoms. The topological polar surface area (TPSA) is 39.2 Å². The molecule has 0 aliphatic carbocycles. The zero-order chi connectivity index (χ0) is 14.3. The summed E-state index contributed by atoms with van der Waals surface area (Å²) in [6.45, 7) is 4.05. The van der Waals surface area contributed by atoms with Crippen LogP contribution in [0.5, 0.6) is 0 Å². The standard InChI is InChI=1S/C16H16FNOS/c1-3-11-5-7-14(20-11)15(18)16-9(2)12-8-10(17)4-6-13(12)19-16/h4-8,15H,3,18H2,1-2H3. The van der Waals surface area contributed by atoms with E-state index in [1.165, 1.54) is 17.0 Å². The highest BCUT2D eigenvalue weighted by Crippen LogP contribution is 2.34. The summed E-state index contributed by atoms with van der Waals surface area (Å²) in [4.78, 5) is 2.37. The van der Waals surface area contributed by atoms with E-state index in [2.05, 4.69) is 13.0 Å². The quantitative estimate of drug-likeness (QED) is 0.768. The Morgan fingerprint density at radius 2 is 2.10 bits per heavy atom. The normalized spacial score (nSPS) is 13.0. The van der Waals surface area contributed by atoms with Crippen LogP contribution >= 0.6 is 11.3 Å². The predicted octanol–water partition coefficient (Wildman–Crippen LogP) is 4.55. The smallest absolute Gasteiger partial charge is 0.134 e. The van der Waals surface area contributed by atoms with Crippen LogP contribution in [-0.2, 0) is 6.42 Å². The van der Waals surface area contributed by atoms with Crippen LogP contribution in [0.25, 0.3) is 11.0 Å². The second-order valence-corrected chi connectivity index (χ2v) is 6.07. The summed E-state index contributed by atoms with van der Waals surface area (Å²) in [5.41, 5.74) is 7.91. The molecule has 2 N–H and O–H groups in total. The third-order valence-electron chi connectivity index (χ3n) is 3.56. The third kappa shape index (κ3) is 2.15. The van der Waals surface area contributed by atoms with Crippen molar-refractivity contribution in [3.63, 3.8) is 0 Å². The van der Waals surface area contributed by atoms with E-state index in [1.807, 2.05) is 13.0 Å². The first kappa shape index (κ1) is 13.3. The van der Waals surface area contributed by atoms with Gasteiger partial charge >= 0.3 is 0 Å². The van der Waals surface area contributed by atoms with Crippen LogP contribution in [0, 0.1) is 12.7 Å². The van der Waals surface area contributed by atoms with Gasteiger partial charge < -0.3 is 10.2 Å². The van der Waals surface area contributed by atoms with Gasteiger partial charge in [-0.05, 0) is 43.7 Å². The summed E-state index contributed by atoms with van der Waals surface area (Å²) in [5.74, 6) is 0.459. The summed E-state index contributed by atoms with van der Waals surface area (Å²) in [7, 11) is 0. The van der Waals surface area contributed by atoms with E-state index >= 15 is 0 Å². The van der Waals surface area contributed by atoms with E-state index in [0.29, 0.717) is 5.58 Å². The number of nitrogens with two attached hydrogens (primary N) is 1. The Labute approximate surface area is 121 Å². The summed E-state index contributed by atoms with van der Waals surface area (Å²) >= 11 is 1.70. The van der Waals surface area contributed by atoms with E-state index in [0.717, 1.165) is 28.0 Å². The Morgan fingerprint density at radius 1 is 1.30 bits per heavy atom. The number of rotatable bonds is 3. The molecule has 1 unspecified atom stereocenters. The van der Waals surface area contributed by atoms with Gasteiger partial charge in [0.15, 0.2) is 0 Å². The highest BCUT2D eigenvalue weighted by Gasteiger charge is 2.20. The van der Waals surface area contributed by atoms with Gasteiger partial charge in [0.05, 0.1) is 6.04 Å². The van der Waals surface area contributed by atoms with Crippen molar-refractivity contribution >= 4 is 22.3 Å². The molecule has 4 heteroatoms. The van der Waals surface area contributed by atoms with Crippen molar-refractivity contribution in [1.82, 2.24) is 0 Å². The molecule has 0 aliphatic rings. The molecular formula is C16H16FNOS. The second kappa shape index (κ2) is 5.04. The molecule has 0 aliphatic heterocycles. The van der Waals surface area contributed by atoms with Gasteiger partial charge in [-0.25, -0.2) is 4.39 Å². The Hall–Kier alpha value is -1.65. The summed E-state index contributed by atoms with van der Waals surface area (Å²) in [6, 6.07) is 8.39. The van der Waals surface area contributed by atoms with Crippen molar-refractivity contribution in [2.24, 2.45) is 5.73 Å². The van der Waals surface area contributed by atoms with E-state index in [1.54, 1.807) is 17.4 Å². The van der Waals surface area contributed by atoms with Gasteiger partial charge in [-0.3, -0.25) is 0 Å². The van der Waals surface area contributed by atoms with Gasteiger partial charge in [-0.1, -0.05) is 6.92 Å². The van der Waals surface area contributed by atoms with E-state index < -0.39 is 0 Å². The fraction of sp³-hybridized carbons (Fsp3) is 0.250. The highest BCUT2D eigenvalue weighted by molar-refractivity contribution is 7.12. The molecule has 1 aromatic carbocycles. The summed E-state index contributed by atoms with van der Waals surface area (Å²) in [6.07, 6.45) is 1.00. The van der Waals surface area contributed by atoms with Crippen molar-refractivity contribution in [2.75, 3.05) is 0 Å². The minimum atomic E-state index is -0.296. The maximum atomic E-state index is 13.3. The third-order valence-corrected chi connectivity index (χ3v) is 4.87. The minimum absolute atomic E-state index is 0.258. The lowest BCUT2D eigenvalue weighted by Crippen LogP contribution is -2.10. The molecule has 0 fully saturated rings. The van der Waals surface area contributed by atoms with Crippen LogP contribution in [-0.4, -0.2) is 0 Å². The molecular weight excluding hydrogens is 273 g/mol. The second-order valence-electron chi connectivity index (χ2n) is 4.87. The highest BCUT2D eigenvalue weighted by atomic mass is 32.1. The van der Waals surface area contributed by atoms with Crippen molar-refractivity contribution in [3.05, 3.63) is 57.2 Å². The lowest BCUT2D eigenvalue weighted by atomic mass is 10.1. The number of halogens is 1. The lowest BCUT2D eigenvalue weighted by molar-refractivity contribution is 0.523. The number of hydrogen-bond acceptors (Lipinski definition) is 3. The predicted molar refractivity (Wildman–Crippen MR) is 80.6 cm³/mol. The number of hydrogen-bond donors (Lipinski definition) is 1. The first-order valence-electron chi connectivity index (χ1n) is 6.63. The van der Waals surface area contributed by atoms with E-state index in [-0.39, 0.29) is 11.9 Å². The average Bonchev–Trinajstić information content (AvgIpc) is 3.04. The molecule has 0 saturated carbocycles. The molecule has 104 valence electrons. The first-order chi connectivity index (χ1) is 9.60. The Bertz CT molecular complexity index is 759. The van der Waals surface area contributed by atoms with Crippen LogP contribution in [0.1, 0.15) is 34.0 Å². The first-order valence-corrected chi connectivity index (χ1v) is 7.44. The van der Waals surface area contributed by atoms with Crippen LogP contribution in [0.2, 0.25) is 0 Å². The van der Waals surface area contributed by atoms with E-state index in [9.17, 15) is 4.39 Å². The maximum absolute atomic E-state index is 13.3. The van der Waals surface area contributed by atoms with Crippen molar-refractivity contribution in [3.8, 4) is 0 Å². The summed E-state index contributed by atoms with van der Waals surface area (Å²) in [5, 5.41) is 0.794. The monoisotopic (exact) mass is 289 g/mol. The van der Waals surface area contributed by atoms with Gasteiger partial charge in [0.25, 0.3) is 0 Å². The van der Waals surface area contributed by atoms with Crippen molar-refractivity contribution < 1.29 is 8.81 Å². The number of aryl methyl sites for hydroxylation is 2. The zero-order valence-corrected chi connectivity index (χ0v) is 12.3. The molecule has 0 amide bonds. The summed E-state index contributed by atoms with van der Waals surface area (Å²) < 4.78 is 19.2. The van der Waals surface area contributed by atoms with Gasteiger partial charge in [0.2, 0.25) is 0 Å². The molecule has 2 nitrogen and oxygen atoms in total. The molecule has 0 radical (unpaired) electrons. The van der Waals surface area contributed by atoms with Gasteiger partial charge in [0.1, 0.15) is 17.2 Å². The average molecular weight is 289 g/mol. The molecule has 3 rings (SSSR count). The molecule has 2 heterocycles. The van der Waals surface area contributed by atoms with Gasteiger partial charge in [0, 0.05) is 20.7 Å². The Balaban J connectivity index is 2.07. The molecule has 2 aromatic heterocycles. The fourth-order valence-electron chi connectivity index (χ4n) is 2.39. The molecule has 0 spiro atoms. The van der Waals surface area contributed by atoms with E-state index in [4.69, 9.17) is 10.2 Å². The van der Waals surface area contributed by atoms with Gasteiger partial charge in [-0.15, -0.1) is 11.3 Å². The molecule has 3 aromatic rings. The Morgan fingerprint density at radius 3 is 2.80 bits per heavy atom. The van der Waals surface area contributed by atoms with Crippen LogP contribution in [0.15, 0.2) is 34.7 Å². The van der Waals surface area contributed by atoms with Crippen LogP contribution in [0.3, 0.4) is 0 Å². The number of benzene rings is 1. The fourth-order valence-corrected chi connectivity index (χ4v) is 3.34. The molecule has 0 saturated heterocycles. The largest absolute Gasteiger partial charge is 0.459 e. The zero-order valence-electron chi connectivity index (χ0n) is 11.4. The van der Waals surface area contributed by atoms with Gasteiger partial charge in [-0.2, -0.15) is 0 Å². The molecule has 1 atom stereocenters. The number of furan rings is 1. The lowest BCUT2D eigenvalue weighted by Gasteiger charge is -2.07. The van der Waals surface area contributed by atoms with Crippen molar-refractivity contribution in [1.29, 1.82) is 0 Å². The Kier molecular flexibility index (Phi) is 3.36. The maximum Gasteiger partial charge on any atom is 0.134 e. The molecule has 20 heavy (non-hydrogen) atoms. The van der Waals surface area contributed by atoms with Crippen LogP contribution in [0.4, 0.5) is 4.39 Å². The van der Waals surface area contributed by atoms with Crippen LogP contribution < -0.4 is 5.73 Å². The minimum Gasteiger partial charge on any atom is -0.459 e. The van der Waals surface area contributed by atoms with Crippen molar-refractivity contribution in [2.45, 2.75) is 26.3 Å².